The summed E-state index contributed by atoms with van der Waals surface area (Å²) in [4.78, 5) is 37.7. The average molecular weight is 344 g/mol. The number of nitrogens with zero attached hydrogens (tertiary/aromatic N) is 2. The number of aromatic nitrogens is 2. The normalized spacial score (nSPS) is 11.0. The topological polar surface area (TPSA) is 99.1 Å². The highest BCUT2D eigenvalue weighted by molar-refractivity contribution is 6.01. The molecular formula is C18H24N4O3. The van der Waals surface area contributed by atoms with Crippen LogP contribution in [0.15, 0.2) is 39.9 Å². The van der Waals surface area contributed by atoms with Crippen molar-refractivity contribution in [1.82, 2.24) is 14.5 Å². The van der Waals surface area contributed by atoms with Gasteiger partial charge in [0.2, 0.25) is 0 Å². The molecule has 0 saturated carbocycles. The maximum Gasteiger partial charge on any atom is 0.332 e. The van der Waals surface area contributed by atoms with Crippen LogP contribution in [0.2, 0.25) is 0 Å². The van der Waals surface area contributed by atoms with E-state index in [1.165, 1.54) is 4.57 Å². The summed E-state index contributed by atoms with van der Waals surface area (Å²) in [6.45, 7) is 5.85. The fraction of sp³-hybridized carbons (Fsp3) is 0.389. The van der Waals surface area contributed by atoms with Crippen LogP contribution in [-0.4, -0.2) is 27.5 Å². The van der Waals surface area contributed by atoms with Crippen molar-refractivity contribution in [3.8, 4) is 0 Å². The van der Waals surface area contributed by atoms with Gasteiger partial charge < -0.3 is 11.1 Å². The van der Waals surface area contributed by atoms with Gasteiger partial charge >= 0.3 is 5.69 Å². The first kappa shape index (κ1) is 18.7. The second-order valence-electron chi connectivity index (χ2n) is 6.12. The maximum absolute atomic E-state index is 12.6. The number of nitrogen functional groups attached to an aromatic ring is 1. The van der Waals surface area contributed by atoms with Crippen molar-refractivity contribution in [2.75, 3.05) is 12.3 Å². The summed E-state index contributed by atoms with van der Waals surface area (Å²) in [5.41, 5.74) is 5.64. The van der Waals surface area contributed by atoms with Gasteiger partial charge in [-0.25, -0.2) is 4.79 Å². The molecule has 7 heteroatoms. The Morgan fingerprint density at radius 1 is 1.16 bits per heavy atom. The molecule has 0 fully saturated rings. The highest BCUT2D eigenvalue weighted by atomic mass is 16.2. The van der Waals surface area contributed by atoms with E-state index in [0.717, 1.165) is 10.1 Å². The lowest BCUT2D eigenvalue weighted by molar-refractivity contribution is 0.0986. The first-order valence-electron chi connectivity index (χ1n) is 8.30. The minimum atomic E-state index is -0.634. The summed E-state index contributed by atoms with van der Waals surface area (Å²) in [6, 6.07) is 9.38. The smallest absolute Gasteiger partial charge is 0.332 e. The molecule has 0 aliphatic rings. The van der Waals surface area contributed by atoms with Crippen LogP contribution in [0, 0.1) is 0 Å². The summed E-state index contributed by atoms with van der Waals surface area (Å²) in [5, 5.41) is 2.98. The van der Waals surface area contributed by atoms with E-state index in [1.807, 2.05) is 44.2 Å². The van der Waals surface area contributed by atoms with Gasteiger partial charge in [-0.2, -0.15) is 0 Å². The van der Waals surface area contributed by atoms with Gasteiger partial charge in [0.1, 0.15) is 11.4 Å². The van der Waals surface area contributed by atoms with E-state index < -0.39 is 17.0 Å². The molecule has 2 aromatic rings. The molecule has 7 nitrogen and oxygen atoms in total. The second-order valence-corrected chi connectivity index (χ2v) is 6.12. The van der Waals surface area contributed by atoms with Gasteiger partial charge in [0.25, 0.3) is 5.56 Å². The molecule has 0 aliphatic heterocycles. The van der Waals surface area contributed by atoms with Crippen molar-refractivity contribution in [3.05, 3.63) is 62.3 Å². The fourth-order valence-electron chi connectivity index (χ4n) is 2.56. The maximum atomic E-state index is 12.6. The van der Waals surface area contributed by atoms with Gasteiger partial charge in [0.05, 0.1) is 13.1 Å². The minimum absolute atomic E-state index is 0.00956. The zero-order valence-corrected chi connectivity index (χ0v) is 14.8. The molecule has 1 heterocycles. The van der Waals surface area contributed by atoms with Crippen molar-refractivity contribution >= 4 is 11.6 Å². The lowest BCUT2D eigenvalue weighted by Crippen LogP contribution is -2.45. The lowest BCUT2D eigenvalue weighted by Gasteiger charge is -2.16. The Labute approximate surface area is 146 Å². The van der Waals surface area contributed by atoms with Crippen LogP contribution >= 0.6 is 0 Å². The van der Waals surface area contributed by atoms with Crippen LogP contribution in [0.5, 0.6) is 0 Å². The van der Waals surface area contributed by atoms with Crippen LogP contribution in [0.3, 0.4) is 0 Å². The average Bonchev–Trinajstić information content (AvgIpc) is 2.58. The number of hydrogen-bond acceptors (Lipinski definition) is 5. The summed E-state index contributed by atoms with van der Waals surface area (Å²) >= 11 is 0. The molecule has 0 spiro atoms. The van der Waals surface area contributed by atoms with Crippen molar-refractivity contribution in [3.63, 3.8) is 0 Å². The van der Waals surface area contributed by atoms with Crippen LogP contribution in [0.4, 0.5) is 5.82 Å². The van der Waals surface area contributed by atoms with Gasteiger partial charge in [-0.05, 0) is 12.5 Å². The highest BCUT2D eigenvalue weighted by Gasteiger charge is 2.22. The molecule has 2 rings (SSSR count). The number of benzene rings is 1. The number of carbonyl (C=O) groups excluding carboxylic acids is 1. The van der Waals surface area contributed by atoms with Crippen LogP contribution in [0.25, 0.3) is 0 Å². The van der Waals surface area contributed by atoms with Crippen molar-refractivity contribution in [2.45, 2.75) is 39.9 Å². The van der Waals surface area contributed by atoms with Gasteiger partial charge in [-0.3, -0.25) is 18.7 Å². The number of Topliss-reactive ketones (excluding diaryl/α,β-unsaturated/α-hetero) is 1. The molecular weight excluding hydrogens is 320 g/mol. The first-order valence-corrected chi connectivity index (χ1v) is 8.30. The number of nitrogens with two attached hydrogens (primary N) is 1. The number of rotatable bonds is 7. The molecule has 25 heavy (non-hydrogen) atoms. The SMILES string of the molecule is CCn1c(=O)c(C(=O)CNC(C)C)c(N)n(Cc2ccccc2)c1=O. The largest absolute Gasteiger partial charge is 0.384 e. The number of carbonyl (C=O) groups is 1. The molecule has 0 amide bonds. The molecule has 0 aliphatic carbocycles. The number of hydrogen-bond donors (Lipinski definition) is 2. The highest BCUT2D eigenvalue weighted by Crippen LogP contribution is 2.09. The molecule has 0 atom stereocenters. The van der Waals surface area contributed by atoms with E-state index in [0.29, 0.717) is 0 Å². The van der Waals surface area contributed by atoms with Crippen LogP contribution < -0.4 is 22.3 Å². The Morgan fingerprint density at radius 3 is 2.36 bits per heavy atom. The molecule has 0 bridgehead atoms. The summed E-state index contributed by atoms with van der Waals surface area (Å²) in [6.07, 6.45) is 0. The quantitative estimate of drug-likeness (QED) is 0.725. The van der Waals surface area contributed by atoms with E-state index in [-0.39, 0.29) is 37.1 Å². The van der Waals surface area contributed by atoms with Gasteiger partial charge in [0, 0.05) is 12.6 Å². The predicted octanol–water partition coefficient (Wildman–Crippen LogP) is 0.841. The lowest BCUT2D eigenvalue weighted by atomic mass is 10.1. The van der Waals surface area contributed by atoms with E-state index in [9.17, 15) is 14.4 Å². The van der Waals surface area contributed by atoms with Gasteiger partial charge in [0.15, 0.2) is 5.78 Å². The number of anilines is 1. The van der Waals surface area contributed by atoms with E-state index in [4.69, 9.17) is 5.73 Å². The third kappa shape index (κ3) is 4.06. The zero-order chi connectivity index (χ0) is 18.6. The Hall–Kier alpha value is -2.67. The molecule has 1 aromatic heterocycles. The van der Waals surface area contributed by atoms with Crippen molar-refractivity contribution < 1.29 is 4.79 Å². The Bertz CT molecular complexity index is 866. The molecule has 0 unspecified atom stereocenters. The molecule has 0 radical (unpaired) electrons. The standard InChI is InChI=1S/C18H24N4O3/c1-4-21-17(24)15(14(23)10-20-12(2)3)16(19)22(18(21)25)11-13-8-6-5-7-9-13/h5-9,12,20H,4,10-11,19H2,1-3H3. The van der Waals surface area contributed by atoms with E-state index in [2.05, 4.69) is 5.32 Å². The molecule has 0 saturated heterocycles. The number of ketones is 1. The predicted molar refractivity (Wildman–Crippen MR) is 98.1 cm³/mol. The van der Waals surface area contributed by atoms with Crippen molar-refractivity contribution in [1.29, 1.82) is 0 Å². The zero-order valence-electron chi connectivity index (χ0n) is 14.8. The van der Waals surface area contributed by atoms with Crippen molar-refractivity contribution in [2.24, 2.45) is 0 Å². The fourth-order valence-corrected chi connectivity index (χ4v) is 2.56. The summed E-state index contributed by atoms with van der Waals surface area (Å²) in [5.74, 6) is -0.501. The molecule has 3 N–H and O–H groups in total. The third-order valence-electron chi connectivity index (χ3n) is 3.92. The van der Waals surface area contributed by atoms with Crippen LogP contribution in [-0.2, 0) is 13.1 Å². The third-order valence-corrected chi connectivity index (χ3v) is 3.92. The Morgan fingerprint density at radius 2 is 1.80 bits per heavy atom. The van der Waals surface area contributed by atoms with E-state index in [1.54, 1.807) is 6.92 Å². The summed E-state index contributed by atoms with van der Waals surface area (Å²) < 4.78 is 2.32. The Kier molecular flexibility index (Phi) is 5.93. The molecule has 134 valence electrons. The number of nitrogens with one attached hydrogen (secondary N) is 1. The Balaban J connectivity index is 2.56. The second kappa shape index (κ2) is 7.94. The molecule has 1 aromatic carbocycles. The van der Waals surface area contributed by atoms with Crippen LogP contribution in [0.1, 0.15) is 36.7 Å². The van der Waals surface area contributed by atoms with Gasteiger partial charge in [-0.1, -0.05) is 44.2 Å². The van der Waals surface area contributed by atoms with E-state index >= 15 is 0 Å². The van der Waals surface area contributed by atoms with Gasteiger partial charge in [-0.15, -0.1) is 0 Å². The summed E-state index contributed by atoms with van der Waals surface area (Å²) in [7, 11) is 0. The monoisotopic (exact) mass is 344 g/mol. The first-order chi connectivity index (χ1) is 11.9. The minimum Gasteiger partial charge on any atom is -0.384 e.